The summed E-state index contributed by atoms with van der Waals surface area (Å²) in [5.74, 6) is 1.39. The van der Waals surface area contributed by atoms with Gasteiger partial charge in [0.1, 0.15) is 0 Å². The Hall–Kier alpha value is -1.52. The lowest BCUT2D eigenvalue weighted by atomic mass is 9.98. The molecule has 4 heteroatoms. The molecule has 1 saturated heterocycles. The van der Waals surface area contributed by atoms with E-state index >= 15 is 0 Å². The number of fused-ring (bicyclic) bond motifs is 6. The lowest BCUT2D eigenvalue weighted by molar-refractivity contribution is 0.454. The van der Waals surface area contributed by atoms with Gasteiger partial charge < -0.3 is 10.8 Å². The van der Waals surface area contributed by atoms with Crippen molar-refractivity contribution < 1.29 is 5.48 Å². The number of nitrogens with one attached hydrogen (secondary N) is 1. The minimum absolute atomic E-state index is 0. The number of hydrogen-bond donors (Lipinski definition) is 1. The van der Waals surface area contributed by atoms with Crippen LogP contribution < -0.4 is 5.32 Å². The van der Waals surface area contributed by atoms with E-state index in [1.54, 1.807) is 12.4 Å². The van der Waals surface area contributed by atoms with Gasteiger partial charge in [0.15, 0.2) is 0 Å². The summed E-state index contributed by atoms with van der Waals surface area (Å²) in [5.41, 5.74) is 5.08. The Balaban J connectivity index is 0.000000902. The van der Waals surface area contributed by atoms with Crippen LogP contribution in [0.1, 0.15) is 29.4 Å². The van der Waals surface area contributed by atoms with E-state index in [1.807, 2.05) is 0 Å². The normalized spacial score (nSPS) is 25.4. The SMILES string of the molecule is O.c1cnc2cc3c(cc2n1)[C@@H]1CNC[C@H]3C1. The maximum atomic E-state index is 4.39. The zero-order valence-corrected chi connectivity index (χ0v) is 9.48. The highest BCUT2D eigenvalue weighted by molar-refractivity contribution is 5.77. The molecule has 0 radical (unpaired) electrons. The van der Waals surface area contributed by atoms with Gasteiger partial charge in [-0.15, -0.1) is 0 Å². The zero-order chi connectivity index (χ0) is 10.5. The second kappa shape index (κ2) is 3.75. The van der Waals surface area contributed by atoms with E-state index in [1.165, 1.54) is 17.5 Å². The van der Waals surface area contributed by atoms with Crippen molar-refractivity contribution in [2.75, 3.05) is 13.1 Å². The lowest BCUT2D eigenvalue weighted by Gasteiger charge is -2.19. The van der Waals surface area contributed by atoms with Crippen LogP contribution in [0.5, 0.6) is 0 Å². The molecule has 1 aliphatic carbocycles. The molecule has 3 N–H and O–H groups in total. The summed E-state index contributed by atoms with van der Waals surface area (Å²) in [6.45, 7) is 2.24. The van der Waals surface area contributed by atoms with Gasteiger partial charge in [0.2, 0.25) is 0 Å². The fourth-order valence-electron chi connectivity index (χ4n) is 3.17. The van der Waals surface area contributed by atoms with E-state index in [4.69, 9.17) is 0 Å². The minimum Gasteiger partial charge on any atom is -0.412 e. The number of nitrogens with zero attached hydrogens (tertiary/aromatic N) is 2. The first-order chi connectivity index (χ1) is 7.92. The van der Waals surface area contributed by atoms with Crippen LogP contribution in [0.25, 0.3) is 11.0 Å². The molecule has 1 aromatic carbocycles. The second-order valence-corrected chi connectivity index (χ2v) is 4.81. The Kier molecular flexibility index (Phi) is 2.34. The summed E-state index contributed by atoms with van der Waals surface area (Å²) in [7, 11) is 0. The van der Waals surface area contributed by atoms with Gasteiger partial charge in [-0.1, -0.05) is 0 Å². The first-order valence-corrected chi connectivity index (χ1v) is 5.87. The van der Waals surface area contributed by atoms with E-state index in [-0.39, 0.29) is 5.48 Å². The van der Waals surface area contributed by atoms with Crippen molar-refractivity contribution >= 4 is 11.0 Å². The molecule has 2 bridgehead atoms. The van der Waals surface area contributed by atoms with E-state index in [9.17, 15) is 0 Å². The number of benzene rings is 1. The Morgan fingerprint density at radius 2 is 1.47 bits per heavy atom. The van der Waals surface area contributed by atoms with Crippen molar-refractivity contribution in [2.45, 2.75) is 18.3 Å². The summed E-state index contributed by atoms with van der Waals surface area (Å²) in [5, 5.41) is 3.51. The van der Waals surface area contributed by atoms with Crippen LogP contribution in [0.15, 0.2) is 24.5 Å². The van der Waals surface area contributed by atoms with Gasteiger partial charge in [0, 0.05) is 25.5 Å². The summed E-state index contributed by atoms with van der Waals surface area (Å²) in [4.78, 5) is 8.78. The molecule has 0 spiro atoms. The fraction of sp³-hybridized carbons (Fsp3) is 0.385. The van der Waals surface area contributed by atoms with Crippen LogP contribution >= 0.6 is 0 Å². The van der Waals surface area contributed by atoms with E-state index < -0.39 is 0 Å². The van der Waals surface area contributed by atoms with Crippen LogP contribution in [-0.2, 0) is 0 Å². The zero-order valence-electron chi connectivity index (χ0n) is 9.48. The minimum atomic E-state index is 0. The lowest BCUT2D eigenvalue weighted by Crippen LogP contribution is -2.28. The monoisotopic (exact) mass is 229 g/mol. The third-order valence-corrected chi connectivity index (χ3v) is 3.90. The molecular formula is C13H15N3O. The smallest absolute Gasteiger partial charge is 0.0889 e. The van der Waals surface area contributed by atoms with Crippen LogP contribution in [0.4, 0.5) is 0 Å². The second-order valence-electron chi connectivity index (χ2n) is 4.81. The van der Waals surface area contributed by atoms with Gasteiger partial charge in [0.25, 0.3) is 0 Å². The average Bonchev–Trinajstić information content (AvgIpc) is 2.59. The molecule has 4 rings (SSSR count). The molecule has 0 saturated carbocycles. The number of rotatable bonds is 0. The maximum Gasteiger partial charge on any atom is 0.0889 e. The van der Waals surface area contributed by atoms with Crippen molar-refractivity contribution in [3.63, 3.8) is 0 Å². The van der Waals surface area contributed by atoms with Gasteiger partial charge in [0.05, 0.1) is 11.0 Å². The highest BCUT2D eigenvalue weighted by atomic mass is 16.0. The Morgan fingerprint density at radius 3 is 2.00 bits per heavy atom. The van der Waals surface area contributed by atoms with Crippen LogP contribution in [0.2, 0.25) is 0 Å². The van der Waals surface area contributed by atoms with Gasteiger partial charge >= 0.3 is 0 Å². The van der Waals surface area contributed by atoms with Crippen molar-refractivity contribution in [1.29, 1.82) is 0 Å². The average molecular weight is 229 g/mol. The van der Waals surface area contributed by atoms with Gasteiger partial charge in [-0.2, -0.15) is 0 Å². The van der Waals surface area contributed by atoms with Crippen LogP contribution in [-0.4, -0.2) is 28.5 Å². The first-order valence-electron chi connectivity index (χ1n) is 5.87. The molecule has 2 aliphatic rings. The molecular weight excluding hydrogens is 214 g/mol. The van der Waals surface area contributed by atoms with Crippen molar-refractivity contribution in [2.24, 2.45) is 0 Å². The molecule has 2 heterocycles. The Bertz CT molecular complexity index is 521. The van der Waals surface area contributed by atoms with E-state index in [2.05, 4.69) is 27.4 Å². The van der Waals surface area contributed by atoms with Gasteiger partial charge in [-0.25, -0.2) is 0 Å². The molecule has 88 valence electrons. The number of piperidine rings is 1. The summed E-state index contributed by atoms with van der Waals surface area (Å²) < 4.78 is 0. The Labute approximate surface area is 99.4 Å². The molecule has 0 amide bonds. The van der Waals surface area contributed by atoms with Crippen LogP contribution in [0.3, 0.4) is 0 Å². The number of aromatic nitrogens is 2. The van der Waals surface area contributed by atoms with Crippen LogP contribution in [0, 0.1) is 0 Å². The molecule has 2 aromatic rings. The summed E-state index contributed by atoms with van der Waals surface area (Å²) in [6, 6.07) is 4.49. The topological polar surface area (TPSA) is 69.3 Å². The Morgan fingerprint density at radius 1 is 0.941 bits per heavy atom. The van der Waals surface area contributed by atoms with Crippen molar-refractivity contribution in [3.05, 3.63) is 35.7 Å². The molecule has 1 aromatic heterocycles. The highest BCUT2D eigenvalue weighted by Gasteiger charge is 2.34. The maximum absolute atomic E-state index is 4.39. The van der Waals surface area contributed by atoms with Gasteiger partial charge in [-0.05, 0) is 41.5 Å². The molecule has 4 nitrogen and oxygen atoms in total. The van der Waals surface area contributed by atoms with E-state index in [0.29, 0.717) is 11.8 Å². The van der Waals surface area contributed by atoms with Crippen molar-refractivity contribution in [1.82, 2.24) is 15.3 Å². The predicted molar refractivity (Wildman–Crippen MR) is 66.1 cm³/mol. The molecule has 1 aliphatic heterocycles. The largest absolute Gasteiger partial charge is 0.412 e. The highest BCUT2D eigenvalue weighted by Crippen LogP contribution is 2.44. The first kappa shape index (κ1) is 10.6. The van der Waals surface area contributed by atoms with Crippen molar-refractivity contribution in [3.8, 4) is 0 Å². The molecule has 1 fully saturated rings. The number of hydrogen-bond acceptors (Lipinski definition) is 3. The standard InChI is InChI=1S/C13H13N3.H2O/c1-2-16-13-5-11-9-3-8(6-14-7-9)10(11)4-12(13)15-1;/h1-2,4-5,8-9,14H,3,6-7H2;1H2/t8-,9+;. The quantitative estimate of drug-likeness (QED) is 0.732. The molecule has 17 heavy (non-hydrogen) atoms. The molecule has 2 atom stereocenters. The fourth-order valence-corrected chi connectivity index (χ4v) is 3.17. The third kappa shape index (κ3) is 1.45. The molecule has 0 unspecified atom stereocenters. The predicted octanol–water partition coefficient (Wildman–Crippen LogP) is 0.979. The third-order valence-electron chi connectivity index (χ3n) is 3.90. The van der Waals surface area contributed by atoms with Gasteiger partial charge in [-0.3, -0.25) is 9.97 Å². The summed E-state index contributed by atoms with van der Waals surface area (Å²) in [6.07, 6.45) is 4.85. The van der Waals surface area contributed by atoms with E-state index in [0.717, 1.165) is 24.1 Å². The summed E-state index contributed by atoms with van der Waals surface area (Å²) >= 11 is 0.